The predicted octanol–water partition coefficient (Wildman–Crippen LogP) is 1.99. The summed E-state index contributed by atoms with van der Waals surface area (Å²) in [5, 5.41) is 9.50. The minimum Gasteiger partial charge on any atom is -0.504 e. The summed E-state index contributed by atoms with van der Waals surface area (Å²) in [5.74, 6) is 0.505. The molecule has 0 aliphatic heterocycles. The normalized spacial score (nSPS) is 9.86. The summed E-state index contributed by atoms with van der Waals surface area (Å²) in [6.45, 7) is 0. The van der Waals surface area contributed by atoms with E-state index in [1.807, 2.05) is 0 Å². The number of nitrogens with two attached hydrogens (primary N) is 1. The predicted molar refractivity (Wildman–Crippen MR) is 62.8 cm³/mol. The van der Waals surface area contributed by atoms with E-state index in [0.29, 0.717) is 17.2 Å². The fourth-order valence-electron chi connectivity index (χ4n) is 1.07. The van der Waals surface area contributed by atoms with Gasteiger partial charge in [-0.2, -0.15) is 0 Å². The van der Waals surface area contributed by atoms with Gasteiger partial charge in [-0.15, -0.1) is 0 Å². The number of hydrogen-bond donors (Lipinski definition) is 2. The Hall–Kier alpha value is -0.810. The van der Waals surface area contributed by atoms with Gasteiger partial charge in [-0.1, -0.05) is 28.1 Å². The highest BCUT2D eigenvalue weighted by molar-refractivity contribution is 9.10. The van der Waals surface area contributed by atoms with Crippen molar-refractivity contribution in [3.05, 3.63) is 22.2 Å². The molecule has 0 saturated carbocycles. The summed E-state index contributed by atoms with van der Waals surface area (Å²) in [6, 6.07) is 3.27. The van der Waals surface area contributed by atoms with Crippen LogP contribution < -0.4 is 10.5 Å². The molecule has 3 N–H and O–H groups in total. The van der Waals surface area contributed by atoms with Gasteiger partial charge in [0.15, 0.2) is 11.5 Å². The van der Waals surface area contributed by atoms with Crippen molar-refractivity contribution < 1.29 is 9.84 Å². The Morgan fingerprint density at radius 1 is 1.64 bits per heavy atom. The third kappa shape index (κ3) is 2.59. The van der Waals surface area contributed by atoms with Crippen LogP contribution in [0.2, 0.25) is 0 Å². The zero-order valence-corrected chi connectivity index (χ0v) is 9.98. The standard InChI is InChI=1S/C9H10BrNO2S/c1-13-8-4-6(10)5(2-7(8)12)3-9(11)14/h2,4,12H,3H2,1H3,(H2,11,14). The lowest BCUT2D eigenvalue weighted by Crippen LogP contribution is -2.11. The third-order valence-corrected chi connectivity index (χ3v) is 2.60. The largest absolute Gasteiger partial charge is 0.504 e. The van der Waals surface area contributed by atoms with E-state index in [9.17, 15) is 5.11 Å². The van der Waals surface area contributed by atoms with Crippen LogP contribution in [0.5, 0.6) is 11.5 Å². The van der Waals surface area contributed by atoms with Crippen LogP contribution in [-0.2, 0) is 6.42 Å². The molecule has 0 saturated heterocycles. The van der Waals surface area contributed by atoms with E-state index in [4.69, 9.17) is 22.7 Å². The van der Waals surface area contributed by atoms with Gasteiger partial charge in [-0.05, 0) is 17.7 Å². The number of benzene rings is 1. The first-order valence-corrected chi connectivity index (χ1v) is 5.08. The molecule has 3 nitrogen and oxygen atoms in total. The molecule has 1 aromatic carbocycles. The summed E-state index contributed by atoms with van der Waals surface area (Å²) < 4.78 is 5.76. The molecule has 0 aliphatic carbocycles. The van der Waals surface area contributed by atoms with E-state index in [1.165, 1.54) is 7.11 Å². The van der Waals surface area contributed by atoms with Crippen molar-refractivity contribution >= 4 is 33.1 Å². The van der Waals surface area contributed by atoms with Crippen molar-refractivity contribution in [3.8, 4) is 11.5 Å². The van der Waals surface area contributed by atoms with Gasteiger partial charge >= 0.3 is 0 Å². The second kappa shape index (κ2) is 4.61. The number of hydrogen-bond acceptors (Lipinski definition) is 3. The first-order valence-electron chi connectivity index (χ1n) is 3.88. The highest BCUT2D eigenvalue weighted by Crippen LogP contribution is 2.32. The Morgan fingerprint density at radius 2 is 2.29 bits per heavy atom. The zero-order chi connectivity index (χ0) is 10.7. The number of methoxy groups -OCH3 is 1. The number of aromatic hydroxyl groups is 1. The smallest absolute Gasteiger partial charge is 0.161 e. The second-order valence-electron chi connectivity index (χ2n) is 2.76. The Kier molecular flexibility index (Phi) is 3.71. The summed E-state index contributed by atoms with van der Waals surface area (Å²) in [6.07, 6.45) is 0.452. The molecule has 0 heterocycles. The van der Waals surface area contributed by atoms with Gasteiger partial charge in [-0.25, -0.2) is 0 Å². The van der Waals surface area contributed by atoms with Crippen LogP contribution in [0.25, 0.3) is 0 Å². The molecule has 0 amide bonds. The number of phenols is 1. The van der Waals surface area contributed by atoms with E-state index >= 15 is 0 Å². The van der Waals surface area contributed by atoms with Crippen LogP contribution in [-0.4, -0.2) is 17.2 Å². The number of phenolic OH excluding ortho intramolecular Hbond substituents is 1. The summed E-state index contributed by atoms with van der Waals surface area (Å²) >= 11 is 8.13. The van der Waals surface area contributed by atoms with Gasteiger partial charge in [0.05, 0.1) is 12.1 Å². The van der Waals surface area contributed by atoms with Crippen LogP contribution in [0, 0.1) is 0 Å². The van der Waals surface area contributed by atoms with Gasteiger partial charge in [0.1, 0.15) is 0 Å². The lowest BCUT2D eigenvalue weighted by molar-refractivity contribution is 0.373. The van der Waals surface area contributed by atoms with Gasteiger partial charge in [0.2, 0.25) is 0 Å². The average molecular weight is 276 g/mol. The minimum absolute atomic E-state index is 0.0851. The Morgan fingerprint density at radius 3 is 2.79 bits per heavy atom. The molecule has 5 heteroatoms. The quantitative estimate of drug-likeness (QED) is 0.829. The minimum atomic E-state index is 0.0851. The second-order valence-corrected chi connectivity index (χ2v) is 4.14. The number of ether oxygens (including phenoxy) is 1. The van der Waals surface area contributed by atoms with Crippen LogP contribution >= 0.6 is 28.1 Å². The molecule has 0 atom stereocenters. The summed E-state index contributed by atoms with van der Waals surface area (Å²) in [5.41, 5.74) is 6.26. The fourth-order valence-corrected chi connectivity index (χ4v) is 1.69. The van der Waals surface area contributed by atoms with Gasteiger partial charge in [-0.3, -0.25) is 0 Å². The van der Waals surface area contributed by atoms with E-state index in [2.05, 4.69) is 15.9 Å². The molecular formula is C9H10BrNO2S. The molecule has 0 radical (unpaired) electrons. The van der Waals surface area contributed by atoms with Crippen LogP contribution in [0.1, 0.15) is 5.56 Å². The molecule has 0 fully saturated rings. The van der Waals surface area contributed by atoms with Crippen molar-refractivity contribution in [2.75, 3.05) is 7.11 Å². The van der Waals surface area contributed by atoms with E-state index < -0.39 is 0 Å². The Balaban J connectivity index is 3.08. The van der Waals surface area contributed by atoms with Gasteiger partial charge < -0.3 is 15.6 Å². The SMILES string of the molecule is COc1cc(Br)c(CC(N)=S)cc1O. The van der Waals surface area contributed by atoms with E-state index in [1.54, 1.807) is 12.1 Å². The molecule has 14 heavy (non-hydrogen) atoms. The van der Waals surface area contributed by atoms with Crippen LogP contribution in [0.15, 0.2) is 16.6 Å². The summed E-state index contributed by atoms with van der Waals surface area (Å²) in [4.78, 5) is 0.385. The van der Waals surface area contributed by atoms with Gasteiger partial charge in [0, 0.05) is 10.9 Å². The molecule has 0 aliphatic rings. The topological polar surface area (TPSA) is 55.5 Å². The van der Waals surface area contributed by atoms with Crippen LogP contribution in [0.3, 0.4) is 0 Å². The van der Waals surface area contributed by atoms with Crippen molar-refractivity contribution in [1.29, 1.82) is 0 Å². The molecule has 0 unspecified atom stereocenters. The maximum atomic E-state index is 9.50. The first kappa shape index (κ1) is 11.3. The highest BCUT2D eigenvalue weighted by Gasteiger charge is 2.08. The van der Waals surface area contributed by atoms with Crippen molar-refractivity contribution in [3.63, 3.8) is 0 Å². The molecule has 0 bridgehead atoms. The highest BCUT2D eigenvalue weighted by atomic mass is 79.9. The summed E-state index contributed by atoms with van der Waals surface area (Å²) in [7, 11) is 1.49. The monoisotopic (exact) mass is 275 g/mol. The van der Waals surface area contributed by atoms with E-state index in [-0.39, 0.29) is 5.75 Å². The lowest BCUT2D eigenvalue weighted by atomic mass is 10.1. The molecule has 1 rings (SSSR count). The molecule has 0 spiro atoms. The first-order chi connectivity index (χ1) is 6.54. The Labute approximate surface area is 96.0 Å². The lowest BCUT2D eigenvalue weighted by Gasteiger charge is -2.08. The molecule has 76 valence electrons. The van der Waals surface area contributed by atoms with Crippen molar-refractivity contribution in [1.82, 2.24) is 0 Å². The van der Waals surface area contributed by atoms with Gasteiger partial charge in [0.25, 0.3) is 0 Å². The van der Waals surface area contributed by atoms with Crippen molar-refractivity contribution in [2.24, 2.45) is 5.73 Å². The molecule has 1 aromatic rings. The third-order valence-electron chi connectivity index (χ3n) is 1.71. The number of rotatable bonds is 3. The number of thiocarbonyl (C=S) groups is 1. The number of halogens is 1. The Bertz CT molecular complexity index is 368. The average Bonchev–Trinajstić information content (AvgIpc) is 2.10. The maximum Gasteiger partial charge on any atom is 0.161 e. The molecular weight excluding hydrogens is 266 g/mol. The maximum absolute atomic E-state index is 9.50. The zero-order valence-electron chi connectivity index (χ0n) is 7.58. The van der Waals surface area contributed by atoms with E-state index in [0.717, 1.165) is 10.0 Å². The van der Waals surface area contributed by atoms with Crippen molar-refractivity contribution in [2.45, 2.75) is 6.42 Å². The van der Waals surface area contributed by atoms with Crippen LogP contribution in [0.4, 0.5) is 0 Å². The molecule has 0 aromatic heterocycles. The fraction of sp³-hybridized carbons (Fsp3) is 0.222.